The van der Waals surface area contributed by atoms with Crippen LogP contribution in [0.25, 0.3) is 10.1 Å². The third-order valence-electron chi connectivity index (χ3n) is 2.41. The fourth-order valence-corrected chi connectivity index (χ4v) is 2.95. The average Bonchev–Trinajstić information content (AvgIpc) is 2.73. The first kappa shape index (κ1) is 13.9. The summed E-state index contributed by atoms with van der Waals surface area (Å²) in [6, 6.07) is 5.36. The average molecular weight is 294 g/mol. The summed E-state index contributed by atoms with van der Waals surface area (Å²) in [5, 5.41) is 11.9. The predicted octanol–water partition coefficient (Wildman–Crippen LogP) is 4.38. The summed E-state index contributed by atoms with van der Waals surface area (Å²) >= 11 is 7.43. The normalized spacial score (nSPS) is 11.3. The third-order valence-corrected chi connectivity index (χ3v) is 3.85. The molecule has 1 heterocycles. The molecule has 0 fully saturated rings. The van der Waals surface area contributed by atoms with E-state index in [-0.39, 0.29) is 0 Å². The van der Waals surface area contributed by atoms with Crippen molar-refractivity contribution in [1.29, 1.82) is 5.26 Å². The fourth-order valence-electron chi connectivity index (χ4n) is 1.69. The Bertz CT molecular complexity index is 692. The molecule has 0 radical (unpaired) electrons. The SMILES string of the molecule is CC(C)(C)OC(=O)c1csc2c(Cl)ccc(C#N)c12. The molecule has 0 N–H and O–H groups in total. The van der Waals surface area contributed by atoms with Crippen molar-refractivity contribution in [3.63, 3.8) is 0 Å². The highest BCUT2D eigenvalue weighted by Crippen LogP contribution is 2.35. The molecule has 3 nitrogen and oxygen atoms in total. The molecule has 2 aromatic rings. The van der Waals surface area contributed by atoms with Gasteiger partial charge in [-0.2, -0.15) is 5.26 Å². The largest absolute Gasteiger partial charge is 0.456 e. The van der Waals surface area contributed by atoms with Gasteiger partial charge in [0.1, 0.15) is 5.60 Å². The van der Waals surface area contributed by atoms with Crippen molar-refractivity contribution in [3.8, 4) is 6.07 Å². The summed E-state index contributed by atoms with van der Waals surface area (Å²) < 4.78 is 6.08. The Labute approximate surface area is 120 Å². The number of hydrogen-bond acceptors (Lipinski definition) is 4. The van der Waals surface area contributed by atoms with Crippen LogP contribution in [0.2, 0.25) is 5.02 Å². The first-order valence-corrected chi connectivity index (χ1v) is 6.92. The standard InChI is InChI=1S/C14H12ClNO2S/c1-14(2,3)18-13(17)9-7-19-12-10(15)5-4-8(6-16)11(9)12/h4-5,7H,1-3H3. The van der Waals surface area contributed by atoms with Gasteiger partial charge in [-0.3, -0.25) is 0 Å². The summed E-state index contributed by atoms with van der Waals surface area (Å²) in [7, 11) is 0. The number of carbonyl (C=O) groups excluding carboxylic acids is 1. The van der Waals surface area contributed by atoms with E-state index >= 15 is 0 Å². The molecule has 0 atom stereocenters. The molecule has 0 amide bonds. The molecular weight excluding hydrogens is 282 g/mol. The van der Waals surface area contributed by atoms with Crippen LogP contribution in [0.3, 0.4) is 0 Å². The molecule has 0 aliphatic heterocycles. The van der Waals surface area contributed by atoms with Crippen LogP contribution in [-0.2, 0) is 4.74 Å². The van der Waals surface area contributed by atoms with Crippen molar-refractivity contribution in [2.45, 2.75) is 26.4 Å². The molecule has 19 heavy (non-hydrogen) atoms. The van der Waals surface area contributed by atoms with E-state index in [1.54, 1.807) is 38.3 Å². The number of nitriles is 1. The zero-order chi connectivity index (χ0) is 14.2. The summed E-state index contributed by atoms with van der Waals surface area (Å²) in [5.41, 5.74) is 0.256. The van der Waals surface area contributed by atoms with Gasteiger partial charge in [0, 0.05) is 10.8 Å². The van der Waals surface area contributed by atoms with E-state index in [2.05, 4.69) is 6.07 Å². The molecular formula is C14H12ClNO2S. The van der Waals surface area contributed by atoms with E-state index in [9.17, 15) is 4.79 Å². The number of carbonyl (C=O) groups is 1. The number of halogens is 1. The van der Waals surface area contributed by atoms with Crippen LogP contribution in [0.1, 0.15) is 36.7 Å². The monoisotopic (exact) mass is 293 g/mol. The number of rotatable bonds is 1. The highest BCUT2D eigenvalue weighted by Gasteiger charge is 2.22. The van der Waals surface area contributed by atoms with Gasteiger partial charge in [-0.1, -0.05) is 11.6 Å². The zero-order valence-electron chi connectivity index (χ0n) is 10.8. The van der Waals surface area contributed by atoms with Gasteiger partial charge in [-0.05, 0) is 32.9 Å². The minimum absolute atomic E-state index is 0.397. The van der Waals surface area contributed by atoms with Gasteiger partial charge >= 0.3 is 5.97 Å². The van der Waals surface area contributed by atoms with Gasteiger partial charge in [0.05, 0.1) is 26.9 Å². The van der Waals surface area contributed by atoms with Crippen LogP contribution >= 0.6 is 22.9 Å². The van der Waals surface area contributed by atoms with Crippen molar-refractivity contribution in [1.82, 2.24) is 0 Å². The van der Waals surface area contributed by atoms with Gasteiger partial charge in [0.2, 0.25) is 0 Å². The summed E-state index contributed by atoms with van der Waals surface area (Å²) in [6.45, 7) is 5.41. The maximum absolute atomic E-state index is 12.1. The molecule has 0 spiro atoms. The molecule has 0 saturated carbocycles. The van der Waals surface area contributed by atoms with E-state index < -0.39 is 11.6 Å². The number of hydrogen-bond donors (Lipinski definition) is 0. The van der Waals surface area contributed by atoms with Gasteiger partial charge < -0.3 is 4.74 Å². The molecule has 1 aromatic carbocycles. The zero-order valence-corrected chi connectivity index (χ0v) is 12.4. The number of ether oxygens (including phenoxy) is 1. The molecule has 0 aliphatic carbocycles. The molecule has 5 heteroatoms. The van der Waals surface area contributed by atoms with Gasteiger partial charge in [-0.15, -0.1) is 11.3 Å². The molecule has 0 unspecified atom stereocenters. The molecule has 0 bridgehead atoms. The lowest BCUT2D eigenvalue weighted by molar-refractivity contribution is 0.00723. The first-order valence-electron chi connectivity index (χ1n) is 5.66. The summed E-state index contributed by atoms with van der Waals surface area (Å²) in [4.78, 5) is 12.1. The van der Waals surface area contributed by atoms with Crippen molar-refractivity contribution >= 4 is 39.0 Å². The van der Waals surface area contributed by atoms with E-state index in [0.29, 0.717) is 21.5 Å². The van der Waals surface area contributed by atoms with Gasteiger partial charge in [0.15, 0.2) is 0 Å². The van der Waals surface area contributed by atoms with Crippen molar-refractivity contribution in [2.24, 2.45) is 0 Å². The Kier molecular flexibility index (Phi) is 3.53. The van der Waals surface area contributed by atoms with E-state index in [4.69, 9.17) is 21.6 Å². The first-order chi connectivity index (χ1) is 8.83. The fraction of sp³-hybridized carbons (Fsp3) is 0.286. The van der Waals surface area contributed by atoms with Crippen LogP contribution in [0.5, 0.6) is 0 Å². The molecule has 0 aliphatic rings. The van der Waals surface area contributed by atoms with E-state index in [0.717, 1.165) is 4.70 Å². The van der Waals surface area contributed by atoms with Crippen molar-refractivity contribution in [3.05, 3.63) is 33.7 Å². The predicted molar refractivity (Wildman–Crippen MR) is 76.7 cm³/mol. The Morgan fingerprint density at radius 2 is 2.11 bits per heavy atom. The molecule has 98 valence electrons. The number of thiophene rings is 1. The maximum atomic E-state index is 12.1. The second-order valence-corrected chi connectivity index (χ2v) is 6.35. The smallest absolute Gasteiger partial charge is 0.340 e. The lowest BCUT2D eigenvalue weighted by Crippen LogP contribution is -2.23. The Hall–Kier alpha value is -1.57. The Morgan fingerprint density at radius 3 is 2.68 bits per heavy atom. The van der Waals surface area contributed by atoms with Crippen LogP contribution < -0.4 is 0 Å². The number of benzene rings is 1. The second kappa shape index (κ2) is 4.84. The number of esters is 1. The molecule has 0 saturated heterocycles. The van der Waals surface area contributed by atoms with Gasteiger partial charge in [0.25, 0.3) is 0 Å². The van der Waals surface area contributed by atoms with Crippen LogP contribution in [0, 0.1) is 11.3 Å². The van der Waals surface area contributed by atoms with Crippen LogP contribution in [0.15, 0.2) is 17.5 Å². The lowest BCUT2D eigenvalue weighted by Gasteiger charge is -2.19. The van der Waals surface area contributed by atoms with Crippen molar-refractivity contribution < 1.29 is 9.53 Å². The van der Waals surface area contributed by atoms with Crippen molar-refractivity contribution in [2.75, 3.05) is 0 Å². The summed E-state index contributed by atoms with van der Waals surface area (Å²) in [5.74, 6) is -0.433. The quantitative estimate of drug-likeness (QED) is 0.733. The molecule has 2 rings (SSSR count). The Balaban J connectivity index is 2.60. The topological polar surface area (TPSA) is 50.1 Å². The van der Waals surface area contributed by atoms with Crippen LogP contribution in [-0.4, -0.2) is 11.6 Å². The number of nitrogens with zero attached hydrogens (tertiary/aromatic N) is 1. The number of fused-ring (bicyclic) bond motifs is 1. The van der Waals surface area contributed by atoms with E-state index in [1.165, 1.54) is 11.3 Å². The van der Waals surface area contributed by atoms with Gasteiger partial charge in [-0.25, -0.2) is 4.79 Å². The van der Waals surface area contributed by atoms with Crippen LogP contribution in [0.4, 0.5) is 0 Å². The highest BCUT2D eigenvalue weighted by molar-refractivity contribution is 7.18. The minimum atomic E-state index is -0.573. The summed E-state index contributed by atoms with van der Waals surface area (Å²) in [6.07, 6.45) is 0. The van der Waals surface area contributed by atoms with E-state index in [1.807, 2.05) is 0 Å². The lowest BCUT2D eigenvalue weighted by atomic mass is 10.1. The maximum Gasteiger partial charge on any atom is 0.340 e. The Morgan fingerprint density at radius 1 is 1.42 bits per heavy atom. The highest BCUT2D eigenvalue weighted by atomic mass is 35.5. The third kappa shape index (κ3) is 2.73. The minimum Gasteiger partial charge on any atom is -0.456 e. The molecule has 1 aromatic heterocycles. The second-order valence-electron chi connectivity index (χ2n) is 5.06.